The van der Waals surface area contributed by atoms with Gasteiger partial charge in [0, 0.05) is 82.3 Å². The molecule has 2 aromatic carbocycles. The van der Waals surface area contributed by atoms with Crippen molar-refractivity contribution in [1.29, 1.82) is 0 Å². The van der Waals surface area contributed by atoms with Crippen LogP contribution in [-0.2, 0) is 25.6 Å². The van der Waals surface area contributed by atoms with Crippen LogP contribution in [0.3, 0.4) is 0 Å². The van der Waals surface area contributed by atoms with Gasteiger partial charge >= 0.3 is 12.1 Å². The van der Waals surface area contributed by atoms with Crippen LogP contribution in [0.25, 0.3) is 11.3 Å². The molecule has 14 nitrogen and oxygen atoms in total. The number of urea groups is 1. The summed E-state index contributed by atoms with van der Waals surface area (Å²) in [7, 11) is 0. The van der Waals surface area contributed by atoms with Gasteiger partial charge in [0.2, 0.25) is 0 Å². The van der Waals surface area contributed by atoms with Crippen molar-refractivity contribution in [2.45, 2.75) is 44.5 Å². The third kappa shape index (κ3) is 9.29. The molecule has 4 atom stereocenters. The van der Waals surface area contributed by atoms with Crippen molar-refractivity contribution in [2.24, 2.45) is 11.8 Å². The van der Waals surface area contributed by atoms with E-state index in [1.807, 2.05) is 34.9 Å². The predicted octanol–water partition coefficient (Wildman–Crippen LogP) is 2.98. The van der Waals surface area contributed by atoms with Crippen LogP contribution < -0.4 is 16.0 Å². The van der Waals surface area contributed by atoms with Crippen molar-refractivity contribution in [3.05, 3.63) is 89.9 Å². The molecule has 5 amide bonds. The minimum atomic E-state index is -0.744. The molecular formula is C38H45F2N7O7. The van der Waals surface area contributed by atoms with Gasteiger partial charge in [-0.05, 0) is 49.4 Å². The SMILES string of the molecule is C[C@@H](CO)NC(=O)N(C[C@@H]1CNC[C@H]1OC(=O)NCCN1C(=O)C=CC1=O)[C@@H](c1nc(-c2cc(F)ccc2F)cn1Cc1ccccc1)C1CCOCC1. The van der Waals surface area contributed by atoms with Crippen LogP contribution >= 0.6 is 0 Å². The van der Waals surface area contributed by atoms with Gasteiger partial charge in [-0.1, -0.05) is 30.3 Å². The zero-order chi connectivity index (χ0) is 38.2. The zero-order valence-electron chi connectivity index (χ0n) is 30.0. The number of aromatic nitrogens is 2. The Morgan fingerprint density at radius 3 is 2.56 bits per heavy atom. The Balaban J connectivity index is 1.32. The molecule has 0 bridgehead atoms. The van der Waals surface area contributed by atoms with Crippen LogP contribution in [0.2, 0.25) is 0 Å². The summed E-state index contributed by atoms with van der Waals surface area (Å²) in [6.07, 6.45) is 3.76. The van der Waals surface area contributed by atoms with Crippen LogP contribution in [-0.4, -0.2) is 113 Å². The molecule has 3 aromatic rings. The second-order valence-corrected chi connectivity index (χ2v) is 13.8. The molecular weight excluding hydrogens is 704 g/mol. The van der Waals surface area contributed by atoms with E-state index < -0.39 is 59.7 Å². The summed E-state index contributed by atoms with van der Waals surface area (Å²) in [5.74, 6) is -2.29. The van der Waals surface area contributed by atoms with Crippen molar-refractivity contribution in [3.8, 4) is 11.3 Å². The van der Waals surface area contributed by atoms with E-state index in [-0.39, 0.29) is 43.4 Å². The molecule has 4 N–H and O–H groups in total. The molecule has 2 fully saturated rings. The van der Waals surface area contributed by atoms with Gasteiger partial charge in [0.25, 0.3) is 11.8 Å². The first-order chi connectivity index (χ1) is 26.1. The van der Waals surface area contributed by atoms with Gasteiger partial charge in [0.1, 0.15) is 23.6 Å². The molecule has 3 aliphatic heterocycles. The van der Waals surface area contributed by atoms with E-state index in [2.05, 4.69) is 16.0 Å². The number of imidazole rings is 1. The number of aliphatic hydroxyl groups excluding tert-OH is 1. The minimum Gasteiger partial charge on any atom is -0.444 e. The molecule has 54 heavy (non-hydrogen) atoms. The number of halogens is 2. The lowest BCUT2D eigenvalue weighted by Gasteiger charge is -2.40. The van der Waals surface area contributed by atoms with Crippen LogP contribution in [0.1, 0.15) is 37.2 Å². The topological polar surface area (TPSA) is 167 Å². The number of imide groups is 1. The smallest absolute Gasteiger partial charge is 0.407 e. The van der Waals surface area contributed by atoms with E-state index >= 15 is 4.39 Å². The number of ether oxygens (including phenoxy) is 2. The van der Waals surface area contributed by atoms with Gasteiger partial charge in [-0.25, -0.2) is 23.4 Å². The lowest BCUT2D eigenvalue weighted by Crippen LogP contribution is -2.52. The quantitative estimate of drug-likeness (QED) is 0.181. The van der Waals surface area contributed by atoms with E-state index in [1.165, 1.54) is 12.2 Å². The molecule has 0 spiro atoms. The first kappa shape index (κ1) is 38.5. The summed E-state index contributed by atoms with van der Waals surface area (Å²) in [6, 6.07) is 11.0. The highest BCUT2D eigenvalue weighted by Gasteiger charge is 2.41. The molecule has 0 unspecified atom stereocenters. The van der Waals surface area contributed by atoms with Crippen molar-refractivity contribution < 1.29 is 42.5 Å². The third-order valence-electron chi connectivity index (χ3n) is 9.90. The molecule has 16 heteroatoms. The van der Waals surface area contributed by atoms with E-state index in [0.717, 1.165) is 28.7 Å². The highest BCUT2D eigenvalue weighted by atomic mass is 19.1. The Bertz CT molecular complexity index is 1820. The van der Waals surface area contributed by atoms with E-state index in [9.17, 15) is 28.7 Å². The fraction of sp³-hybridized carbons (Fsp3) is 0.447. The van der Waals surface area contributed by atoms with Crippen molar-refractivity contribution in [3.63, 3.8) is 0 Å². The molecule has 0 radical (unpaired) electrons. The number of carbonyl (C=O) groups is 4. The highest BCUT2D eigenvalue weighted by molar-refractivity contribution is 6.12. The summed E-state index contributed by atoms with van der Waals surface area (Å²) >= 11 is 0. The number of alkyl carbamates (subject to hydrolysis) is 1. The number of nitrogens with zero attached hydrogens (tertiary/aromatic N) is 4. The molecule has 6 rings (SSSR count). The number of hydrogen-bond donors (Lipinski definition) is 4. The Kier molecular flexibility index (Phi) is 12.7. The number of benzene rings is 2. The first-order valence-corrected chi connectivity index (χ1v) is 18.1. The maximum absolute atomic E-state index is 15.2. The fourth-order valence-corrected chi connectivity index (χ4v) is 7.08. The molecule has 0 saturated carbocycles. The average Bonchev–Trinajstić information content (AvgIpc) is 3.88. The van der Waals surface area contributed by atoms with E-state index in [0.29, 0.717) is 51.5 Å². The second kappa shape index (κ2) is 17.8. The maximum Gasteiger partial charge on any atom is 0.407 e. The summed E-state index contributed by atoms with van der Waals surface area (Å²) < 4.78 is 43.1. The standard InChI is InChI=1S/C38H45F2N7O7/c1-24(23-48)43-37(51)47(21-27-18-41-19-32(27)54-38(52)42-13-14-46-33(49)9-10-34(46)50)35(26-11-15-53-16-12-26)36-44-31(29-17-28(39)7-8-30(29)40)22-45(36)20-25-5-3-2-4-6-25/h2-10,17,22,24,26-27,32,35,41,48H,11-16,18-21,23H2,1H3,(H,42,52)(H,43,51)/t24-,27-,32+,35+/m0/s1. The third-order valence-corrected chi connectivity index (χ3v) is 9.90. The van der Waals surface area contributed by atoms with Crippen molar-refractivity contribution in [1.82, 2.24) is 35.3 Å². The molecule has 4 heterocycles. The van der Waals surface area contributed by atoms with Crippen molar-refractivity contribution in [2.75, 3.05) is 52.5 Å². The first-order valence-electron chi connectivity index (χ1n) is 18.1. The van der Waals surface area contributed by atoms with Crippen LogP contribution in [0.15, 0.2) is 66.9 Å². The van der Waals surface area contributed by atoms with Gasteiger partial charge < -0.3 is 40.0 Å². The predicted molar refractivity (Wildman–Crippen MR) is 192 cm³/mol. The fourth-order valence-electron chi connectivity index (χ4n) is 7.08. The Hall–Kier alpha value is -5.19. The summed E-state index contributed by atoms with van der Waals surface area (Å²) in [5.41, 5.74) is 1.10. The largest absolute Gasteiger partial charge is 0.444 e. The number of hydrogen-bond acceptors (Lipinski definition) is 9. The van der Waals surface area contributed by atoms with E-state index in [1.54, 1.807) is 18.0 Å². The molecule has 288 valence electrons. The number of nitrogens with one attached hydrogen (secondary N) is 3. The Morgan fingerprint density at radius 1 is 1.09 bits per heavy atom. The summed E-state index contributed by atoms with van der Waals surface area (Å²) in [4.78, 5) is 58.7. The lowest BCUT2D eigenvalue weighted by atomic mass is 9.89. The summed E-state index contributed by atoms with van der Waals surface area (Å²) in [6.45, 7) is 3.34. The second-order valence-electron chi connectivity index (χ2n) is 13.8. The van der Waals surface area contributed by atoms with Crippen molar-refractivity contribution >= 4 is 23.9 Å². The van der Waals surface area contributed by atoms with Gasteiger partial charge in [-0.2, -0.15) is 0 Å². The Labute approximate surface area is 311 Å². The molecule has 0 aliphatic carbocycles. The van der Waals surface area contributed by atoms with Gasteiger partial charge in [-0.3, -0.25) is 14.5 Å². The molecule has 2 saturated heterocycles. The lowest BCUT2D eigenvalue weighted by molar-refractivity contribution is -0.136. The van der Waals surface area contributed by atoms with Crippen LogP contribution in [0.5, 0.6) is 0 Å². The van der Waals surface area contributed by atoms with Crippen LogP contribution in [0.4, 0.5) is 18.4 Å². The number of carbonyl (C=O) groups excluding carboxylic acids is 4. The number of aliphatic hydroxyl groups is 1. The summed E-state index contributed by atoms with van der Waals surface area (Å²) in [5, 5.41) is 18.6. The zero-order valence-corrected chi connectivity index (χ0v) is 30.0. The van der Waals surface area contributed by atoms with Crippen LogP contribution in [0, 0.1) is 23.5 Å². The molecule has 1 aromatic heterocycles. The van der Waals surface area contributed by atoms with Gasteiger partial charge in [0.15, 0.2) is 0 Å². The van der Waals surface area contributed by atoms with E-state index in [4.69, 9.17) is 14.5 Å². The highest BCUT2D eigenvalue weighted by Crippen LogP contribution is 2.38. The van der Waals surface area contributed by atoms with Gasteiger partial charge in [-0.15, -0.1) is 0 Å². The number of rotatable bonds is 14. The minimum absolute atomic E-state index is 0.0134. The number of amides is 5. The normalized spacial score (nSPS) is 19.9. The monoisotopic (exact) mass is 749 g/mol. The molecule has 3 aliphatic rings. The Morgan fingerprint density at radius 2 is 1.83 bits per heavy atom. The average molecular weight is 750 g/mol. The maximum atomic E-state index is 15.2. The van der Waals surface area contributed by atoms with Gasteiger partial charge in [0.05, 0.1) is 24.4 Å².